The SMILES string of the molecule is O=C1c2ccccc2CN1CC1CCN(CCOc2ccc3c(c2)CCCC3)CC1. The Morgan fingerprint density at radius 3 is 2.57 bits per heavy atom. The second-order valence-corrected chi connectivity index (χ2v) is 9.11. The van der Waals surface area contributed by atoms with Crippen LogP contribution in [0.15, 0.2) is 42.5 Å². The van der Waals surface area contributed by atoms with Gasteiger partial charge in [0.15, 0.2) is 0 Å². The molecule has 1 amide bonds. The molecule has 5 rings (SSSR count). The van der Waals surface area contributed by atoms with Crippen molar-refractivity contribution >= 4 is 5.91 Å². The number of amides is 1. The van der Waals surface area contributed by atoms with E-state index < -0.39 is 0 Å². The fourth-order valence-corrected chi connectivity index (χ4v) is 5.26. The topological polar surface area (TPSA) is 32.8 Å². The number of fused-ring (bicyclic) bond motifs is 2. The van der Waals surface area contributed by atoms with Gasteiger partial charge in [0, 0.05) is 25.2 Å². The fourth-order valence-electron chi connectivity index (χ4n) is 5.26. The van der Waals surface area contributed by atoms with Gasteiger partial charge in [-0.1, -0.05) is 24.3 Å². The van der Waals surface area contributed by atoms with Crippen LogP contribution in [0.25, 0.3) is 0 Å². The smallest absolute Gasteiger partial charge is 0.254 e. The number of piperidine rings is 1. The quantitative estimate of drug-likeness (QED) is 0.719. The van der Waals surface area contributed by atoms with Gasteiger partial charge >= 0.3 is 0 Å². The van der Waals surface area contributed by atoms with Gasteiger partial charge in [-0.25, -0.2) is 0 Å². The lowest BCUT2D eigenvalue weighted by Crippen LogP contribution is -2.40. The van der Waals surface area contributed by atoms with Crippen molar-refractivity contribution in [3.05, 3.63) is 64.7 Å². The lowest BCUT2D eigenvalue weighted by atomic mass is 9.92. The molecule has 0 atom stereocenters. The van der Waals surface area contributed by atoms with Crippen molar-refractivity contribution in [2.45, 2.75) is 45.1 Å². The molecule has 4 nitrogen and oxygen atoms in total. The molecule has 30 heavy (non-hydrogen) atoms. The van der Waals surface area contributed by atoms with Crippen molar-refractivity contribution in [1.82, 2.24) is 9.80 Å². The van der Waals surface area contributed by atoms with Crippen LogP contribution in [0.3, 0.4) is 0 Å². The van der Waals surface area contributed by atoms with Gasteiger partial charge in [-0.3, -0.25) is 9.69 Å². The molecule has 0 unspecified atom stereocenters. The summed E-state index contributed by atoms with van der Waals surface area (Å²) in [6.45, 7) is 5.62. The minimum atomic E-state index is 0.214. The van der Waals surface area contributed by atoms with Crippen LogP contribution in [0, 0.1) is 5.92 Å². The molecule has 0 bridgehead atoms. The molecular weight excluding hydrogens is 372 g/mol. The molecule has 0 spiro atoms. The molecular formula is C26H32N2O2. The highest BCUT2D eigenvalue weighted by atomic mass is 16.5. The molecule has 2 heterocycles. The first-order valence-corrected chi connectivity index (χ1v) is 11.6. The highest BCUT2D eigenvalue weighted by molar-refractivity contribution is 5.98. The number of ether oxygens (including phenoxy) is 1. The van der Waals surface area contributed by atoms with Crippen LogP contribution in [-0.4, -0.2) is 48.5 Å². The van der Waals surface area contributed by atoms with Crippen molar-refractivity contribution < 1.29 is 9.53 Å². The zero-order valence-corrected chi connectivity index (χ0v) is 17.8. The maximum absolute atomic E-state index is 12.6. The van der Waals surface area contributed by atoms with Crippen LogP contribution < -0.4 is 4.74 Å². The molecule has 0 radical (unpaired) electrons. The van der Waals surface area contributed by atoms with Gasteiger partial charge < -0.3 is 9.64 Å². The van der Waals surface area contributed by atoms with Gasteiger partial charge in [-0.15, -0.1) is 0 Å². The Kier molecular flexibility index (Phi) is 5.76. The number of carbonyl (C=O) groups is 1. The minimum absolute atomic E-state index is 0.214. The number of aryl methyl sites for hydroxylation is 2. The van der Waals surface area contributed by atoms with Gasteiger partial charge in [0.1, 0.15) is 12.4 Å². The highest BCUT2D eigenvalue weighted by Crippen LogP contribution is 2.27. The molecule has 0 saturated carbocycles. The van der Waals surface area contributed by atoms with Gasteiger partial charge in [-0.05, 0) is 92.4 Å². The predicted octanol–water partition coefficient (Wildman–Crippen LogP) is 4.31. The summed E-state index contributed by atoms with van der Waals surface area (Å²) in [6.07, 6.45) is 7.38. The molecule has 2 aromatic rings. The highest BCUT2D eigenvalue weighted by Gasteiger charge is 2.30. The zero-order valence-electron chi connectivity index (χ0n) is 17.8. The Hall–Kier alpha value is -2.33. The van der Waals surface area contributed by atoms with Gasteiger partial charge in [0.2, 0.25) is 0 Å². The molecule has 4 heteroatoms. The van der Waals surface area contributed by atoms with Crippen molar-refractivity contribution in [2.75, 3.05) is 32.8 Å². The van der Waals surface area contributed by atoms with E-state index in [0.717, 1.165) is 50.6 Å². The number of carbonyl (C=O) groups excluding carboxylic acids is 1. The molecule has 1 saturated heterocycles. The first kappa shape index (κ1) is 19.6. The zero-order chi connectivity index (χ0) is 20.3. The first-order chi connectivity index (χ1) is 14.8. The van der Waals surface area contributed by atoms with Crippen molar-refractivity contribution in [1.29, 1.82) is 0 Å². The van der Waals surface area contributed by atoms with Crippen LogP contribution in [0.5, 0.6) is 5.75 Å². The summed E-state index contributed by atoms with van der Waals surface area (Å²) >= 11 is 0. The summed E-state index contributed by atoms with van der Waals surface area (Å²) in [4.78, 5) is 17.2. The number of likely N-dealkylation sites (tertiary alicyclic amines) is 1. The van der Waals surface area contributed by atoms with Gasteiger partial charge in [0.25, 0.3) is 5.91 Å². The van der Waals surface area contributed by atoms with Crippen LogP contribution >= 0.6 is 0 Å². The number of rotatable bonds is 6. The minimum Gasteiger partial charge on any atom is -0.492 e. The number of benzene rings is 2. The van der Waals surface area contributed by atoms with Gasteiger partial charge in [0.05, 0.1) is 0 Å². The second kappa shape index (κ2) is 8.81. The monoisotopic (exact) mass is 404 g/mol. The third-order valence-electron chi connectivity index (χ3n) is 7.08. The first-order valence-electron chi connectivity index (χ1n) is 11.6. The van der Waals surface area contributed by atoms with Crippen LogP contribution in [-0.2, 0) is 19.4 Å². The largest absolute Gasteiger partial charge is 0.492 e. The van der Waals surface area contributed by atoms with Crippen LogP contribution in [0.1, 0.15) is 52.7 Å². The maximum Gasteiger partial charge on any atom is 0.254 e. The summed E-state index contributed by atoms with van der Waals surface area (Å²) in [5.41, 5.74) is 5.07. The molecule has 0 N–H and O–H groups in total. The summed E-state index contributed by atoms with van der Waals surface area (Å²) in [6, 6.07) is 14.7. The summed E-state index contributed by atoms with van der Waals surface area (Å²) in [7, 11) is 0. The third kappa shape index (κ3) is 4.24. The van der Waals surface area contributed by atoms with E-state index in [0.29, 0.717) is 5.92 Å². The Morgan fingerprint density at radius 2 is 1.73 bits per heavy atom. The normalized spacial score (nSPS) is 19.6. The van der Waals surface area contributed by atoms with Gasteiger partial charge in [-0.2, -0.15) is 0 Å². The van der Waals surface area contributed by atoms with Crippen molar-refractivity contribution in [2.24, 2.45) is 5.92 Å². The van der Waals surface area contributed by atoms with E-state index in [2.05, 4.69) is 29.2 Å². The van der Waals surface area contributed by atoms with E-state index in [9.17, 15) is 4.79 Å². The fraction of sp³-hybridized carbons (Fsp3) is 0.500. The van der Waals surface area contributed by atoms with Crippen LogP contribution in [0.2, 0.25) is 0 Å². The van der Waals surface area contributed by atoms with E-state index in [4.69, 9.17) is 4.74 Å². The third-order valence-corrected chi connectivity index (χ3v) is 7.08. The van der Waals surface area contributed by atoms with E-state index >= 15 is 0 Å². The molecule has 158 valence electrons. The Morgan fingerprint density at radius 1 is 0.933 bits per heavy atom. The average molecular weight is 405 g/mol. The molecule has 1 aliphatic carbocycles. The lowest BCUT2D eigenvalue weighted by Gasteiger charge is -2.33. The standard InChI is InChI=1S/C26H32N2O2/c29-26-25-8-4-3-7-23(25)19-28(26)18-20-11-13-27(14-12-20)15-16-30-24-10-9-21-5-1-2-6-22(21)17-24/h3-4,7-10,17,20H,1-2,5-6,11-16,18-19H2. The molecule has 1 fully saturated rings. The van der Waals surface area contributed by atoms with E-state index in [1.54, 1.807) is 0 Å². The van der Waals surface area contributed by atoms with Crippen molar-refractivity contribution in [3.63, 3.8) is 0 Å². The summed E-state index contributed by atoms with van der Waals surface area (Å²) in [5.74, 6) is 1.85. The summed E-state index contributed by atoms with van der Waals surface area (Å²) in [5, 5.41) is 0. The van der Waals surface area contributed by atoms with E-state index in [1.165, 1.54) is 55.2 Å². The molecule has 2 aliphatic heterocycles. The number of nitrogens with zero attached hydrogens (tertiary/aromatic N) is 2. The molecule has 0 aromatic heterocycles. The lowest BCUT2D eigenvalue weighted by molar-refractivity contribution is 0.0708. The molecule has 2 aromatic carbocycles. The van der Waals surface area contributed by atoms with E-state index in [-0.39, 0.29) is 5.91 Å². The Bertz CT molecular complexity index is 902. The average Bonchev–Trinajstić information content (AvgIpc) is 3.10. The second-order valence-electron chi connectivity index (χ2n) is 9.11. The number of hydrogen-bond acceptors (Lipinski definition) is 3. The number of hydrogen-bond donors (Lipinski definition) is 0. The van der Waals surface area contributed by atoms with E-state index in [1.807, 2.05) is 23.1 Å². The Balaban J connectivity index is 1.04. The Labute approximate surface area is 179 Å². The summed E-state index contributed by atoms with van der Waals surface area (Å²) < 4.78 is 6.06. The molecule has 3 aliphatic rings. The van der Waals surface area contributed by atoms with Crippen molar-refractivity contribution in [3.8, 4) is 5.75 Å². The van der Waals surface area contributed by atoms with Crippen LogP contribution in [0.4, 0.5) is 0 Å². The predicted molar refractivity (Wildman–Crippen MR) is 119 cm³/mol. The maximum atomic E-state index is 12.6.